The summed E-state index contributed by atoms with van der Waals surface area (Å²) < 4.78 is 5.54. The molecular formula is C21H22O3S. The third kappa shape index (κ3) is 4.13. The SMILES string of the molecule is CCC(=O)SCCCC(=O)OCC1c2ccccc2-c2ccccc21. The van der Waals surface area contributed by atoms with Gasteiger partial charge in [-0.05, 0) is 28.7 Å². The Labute approximate surface area is 152 Å². The van der Waals surface area contributed by atoms with Crippen LogP contribution in [0.2, 0.25) is 0 Å². The van der Waals surface area contributed by atoms with Crippen molar-refractivity contribution in [3.8, 4) is 11.1 Å². The topological polar surface area (TPSA) is 43.4 Å². The Morgan fingerprint density at radius 2 is 1.60 bits per heavy atom. The van der Waals surface area contributed by atoms with E-state index in [-0.39, 0.29) is 17.0 Å². The molecular weight excluding hydrogens is 332 g/mol. The van der Waals surface area contributed by atoms with Crippen LogP contribution in [0.25, 0.3) is 11.1 Å². The Bertz CT molecular complexity index is 724. The Hall–Kier alpha value is -2.07. The molecule has 2 aromatic rings. The molecule has 1 aliphatic rings. The van der Waals surface area contributed by atoms with E-state index >= 15 is 0 Å². The number of ether oxygens (including phenoxy) is 1. The third-order valence-corrected chi connectivity index (χ3v) is 5.55. The molecule has 2 aromatic carbocycles. The summed E-state index contributed by atoms with van der Waals surface area (Å²) in [7, 11) is 0. The maximum absolute atomic E-state index is 12.0. The number of rotatable bonds is 7. The fourth-order valence-electron chi connectivity index (χ4n) is 3.19. The lowest BCUT2D eigenvalue weighted by Gasteiger charge is -2.14. The van der Waals surface area contributed by atoms with Crippen molar-refractivity contribution in [2.45, 2.75) is 32.1 Å². The first-order chi connectivity index (χ1) is 12.2. The Morgan fingerprint density at radius 3 is 2.20 bits per heavy atom. The lowest BCUT2D eigenvalue weighted by molar-refractivity contribution is -0.143. The molecule has 0 fully saturated rings. The second kappa shape index (κ2) is 8.34. The highest BCUT2D eigenvalue weighted by atomic mass is 32.2. The van der Waals surface area contributed by atoms with Gasteiger partial charge in [-0.3, -0.25) is 9.59 Å². The van der Waals surface area contributed by atoms with Crippen LogP contribution in [-0.4, -0.2) is 23.4 Å². The van der Waals surface area contributed by atoms with Gasteiger partial charge < -0.3 is 4.74 Å². The van der Waals surface area contributed by atoms with Crippen LogP contribution < -0.4 is 0 Å². The molecule has 0 aliphatic heterocycles. The zero-order valence-corrected chi connectivity index (χ0v) is 15.2. The van der Waals surface area contributed by atoms with E-state index in [1.165, 1.54) is 34.0 Å². The molecule has 0 saturated heterocycles. The van der Waals surface area contributed by atoms with E-state index in [2.05, 4.69) is 24.3 Å². The van der Waals surface area contributed by atoms with Crippen molar-refractivity contribution in [3.63, 3.8) is 0 Å². The van der Waals surface area contributed by atoms with Crippen LogP contribution in [0.15, 0.2) is 48.5 Å². The molecule has 0 heterocycles. The van der Waals surface area contributed by atoms with E-state index in [4.69, 9.17) is 4.74 Å². The molecule has 0 spiro atoms. The normalized spacial score (nSPS) is 12.5. The van der Waals surface area contributed by atoms with E-state index in [0.29, 0.717) is 31.6 Å². The van der Waals surface area contributed by atoms with Crippen LogP contribution in [0.4, 0.5) is 0 Å². The molecule has 0 unspecified atom stereocenters. The molecule has 0 saturated carbocycles. The maximum atomic E-state index is 12.0. The molecule has 0 bridgehead atoms. The molecule has 3 rings (SSSR count). The maximum Gasteiger partial charge on any atom is 0.305 e. The molecule has 4 heteroatoms. The molecule has 0 aromatic heterocycles. The number of hydrogen-bond acceptors (Lipinski definition) is 4. The van der Waals surface area contributed by atoms with Gasteiger partial charge in [-0.1, -0.05) is 67.2 Å². The quantitative estimate of drug-likeness (QED) is 0.529. The van der Waals surface area contributed by atoms with Crippen molar-refractivity contribution in [1.82, 2.24) is 0 Å². The van der Waals surface area contributed by atoms with Gasteiger partial charge in [-0.2, -0.15) is 0 Å². The standard InChI is InChI=1S/C21H22O3S/c1-2-21(23)25-13-7-12-20(22)24-14-19-17-10-5-3-8-15(17)16-9-4-6-11-18(16)19/h3-6,8-11,19H,2,7,12-14H2,1H3. The number of carbonyl (C=O) groups is 2. The van der Waals surface area contributed by atoms with Crippen LogP contribution >= 0.6 is 11.8 Å². The predicted molar refractivity (Wildman–Crippen MR) is 102 cm³/mol. The molecule has 1 aliphatic carbocycles. The molecule has 0 N–H and O–H groups in total. The minimum absolute atomic E-state index is 0.104. The minimum Gasteiger partial charge on any atom is -0.465 e. The largest absolute Gasteiger partial charge is 0.465 e. The van der Waals surface area contributed by atoms with E-state index in [0.717, 1.165) is 0 Å². The highest BCUT2D eigenvalue weighted by molar-refractivity contribution is 8.13. The van der Waals surface area contributed by atoms with Gasteiger partial charge in [0.05, 0.1) is 0 Å². The first kappa shape index (κ1) is 17.7. The Balaban J connectivity index is 1.56. The zero-order chi connectivity index (χ0) is 17.6. The summed E-state index contributed by atoms with van der Waals surface area (Å²) in [6, 6.07) is 16.6. The summed E-state index contributed by atoms with van der Waals surface area (Å²) >= 11 is 1.30. The highest BCUT2D eigenvalue weighted by Gasteiger charge is 2.28. The average Bonchev–Trinajstić information content (AvgIpc) is 2.97. The van der Waals surface area contributed by atoms with Crippen molar-refractivity contribution in [2.75, 3.05) is 12.4 Å². The molecule has 3 nitrogen and oxygen atoms in total. The number of carbonyl (C=O) groups excluding carboxylic acids is 2. The van der Waals surface area contributed by atoms with Gasteiger partial charge in [0, 0.05) is 24.5 Å². The predicted octanol–water partition coefficient (Wildman–Crippen LogP) is 4.79. The summed E-state index contributed by atoms with van der Waals surface area (Å²) in [6.45, 7) is 2.22. The monoisotopic (exact) mass is 354 g/mol. The van der Waals surface area contributed by atoms with Gasteiger partial charge >= 0.3 is 5.97 Å². The van der Waals surface area contributed by atoms with Crippen LogP contribution in [0.3, 0.4) is 0 Å². The first-order valence-corrected chi connectivity index (χ1v) is 9.68. The van der Waals surface area contributed by atoms with Gasteiger partial charge in [-0.15, -0.1) is 0 Å². The fraction of sp³-hybridized carbons (Fsp3) is 0.333. The van der Waals surface area contributed by atoms with Crippen molar-refractivity contribution >= 4 is 22.8 Å². The summed E-state index contributed by atoms with van der Waals surface area (Å²) in [5.74, 6) is 0.593. The van der Waals surface area contributed by atoms with Gasteiger partial charge in [-0.25, -0.2) is 0 Å². The third-order valence-electron chi connectivity index (χ3n) is 4.45. The smallest absolute Gasteiger partial charge is 0.305 e. The van der Waals surface area contributed by atoms with Crippen molar-refractivity contribution in [2.24, 2.45) is 0 Å². The number of fused-ring (bicyclic) bond motifs is 3. The molecule has 0 atom stereocenters. The number of hydrogen-bond donors (Lipinski definition) is 0. The van der Waals surface area contributed by atoms with Gasteiger partial charge in [0.25, 0.3) is 0 Å². The zero-order valence-electron chi connectivity index (χ0n) is 14.4. The van der Waals surface area contributed by atoms with Crippen LogP contribution in [0.5, 0.6) is 0 Å². The lowest BCUT2D eigenvalue weighted by Crippen LogP contribution is -2.12. The molecule has 130 valence electrons. The van der Waals surface area contributed by atoms with Gasteiger partial charge in [0.2, 0.25) is 0 Å². The summed E-state index contributed by atoms with van der Waals surface area (Å²) in [6.07, 6.45) is 1.57. The number of thioether (sulfide) groups is 1. The minimum atomic E-state index is -0.189. The number of esters is 1. The van der Waals surface area contributed by atoms with Crippen LogP contribution in [0.1, 0.15) is 43.2 Å². The lowest BCUT2D eigenvalue weighted by atomic mass is 9.98. The van der Waals surface area contributed by atoms with E-state index in [1.54, 1.807) is 0 Å². The van der Waals surface area contributed by atoms with Crippen molar-refractivity contribution in [1.29, 1.82) is 0 Å². The highest BCUT2D eigenvalue weighted by Crippen LogP contribution is 2.44. The van der Waals surface area contributed by atoms with E-state index in [1.807, 2.05) is 31.2 Å². The molecule has 0 amide bonds. The van der Waals surface area contributed by atoms with Gasteiger partial charge in [0.1, 0.15) is 6.61 Å². The van der Waals surface area contributed by atoms with Crippen molar-refractivity contribution in [3.05, 3.63) is 59.7 Å². The molecule has 25 heavy (non-hydrogen) atoms. The summed E-state index contributed by atoms with van der Waals surface area (Å²) in [4.78, 5) is 23.3. The number of benzene rings is 2. The van der Waals surface area contributed by atoms with E-state index in [9.17, 15) is 9.59 Å². The first-order valence-electron chi connectivity index (χ1n) is 8.70. The second-order valence-corrected chi connectivity index (χ2v) is 7.24. The van der Waals surface area contributed by atoms with Crippen LogP contribution in [-0.2, 0) is 14.3 Å². The Morgan fingerprint density at radius 1 is 1.00 bits per heavy atom. The summed E-state index contributed by atoms with van der Waals surface area (Å²) in [5.41, 5.74) is 4.91. The fourth-order valence-corrected chi connectivity index (χ4v) is 3.91. The second-order valence-electron chi connectivity index (χ2n) is 6.09. The Kier molecular flexibility index (Phi) is 5.92. The van der Waals surface area contributed by atoms with Gasteiger partial charge in [0.15, 0.2) is 5.12 Å². The molecule has 0 radical (unpaired) electrons. The van der Waals surface area contributed by atoms with Crippen LogP contribution in [0, 0.1) is 0 Å². The summed E-state index contributed by atoms with van der Waals surface area (Å²) in [5, 5.41) is 0.174. The average molecular weight is 354 g/mol. The van der Waals surface area contributed by atoms with Crippen molar-refractivity contribution < 1.29 is 14.3 Å². The van der Waals surface area contributed by atoms with E-state index < -0.39 is 0 Å².